The topological polar surface area (TPSA) is 100 Å². The third-order valence-corrected chi connectivity index (χ3v) is 4.79. The van der Waals surface area contributed by atoms with Crippen LogP contribution in [0.15, 0.2) is 18.3 Å². The molecule has 1 aromatic rings. The summed E-state index contributed by atoms with van der Waals surface area (Å²) >= 11 is 0. The molecule has 2 atom stereocenters. The molecule has 23 heavy (non-hydrogen) atoms. The number of hydrogen-bond acceptors (Lipinski definition) is 4. The second-order valence-corrected chi connectivity index (χ2v) is 6.04. The van der Waals surface area contributed by atoms with Crippen LogP contribution in [0.3, 0.4) is 0 Å². The summed E-state index contributed by atoms with van der Waals surface area (Å²) in [6.45, 7) is 2.31. The number of nitrogens with one attached hydrogen (secondary N) is 3. The molecule has 1 saturated heterocycles. The number of carbonyl (C=O) groups is 3. The predicted molar refractivity (Wildman–Crippen MR) is 82.7 cm³/mol. The molecule has 7 heteroatoms. The molecular formula is C16H20N4O3. The van der Waals surface area contributed by atoms with Gasteiger partial charge in [-0.3, -0.25) is 19.9 Å². The number of rotatable bonds is 4. The van der Waals surface area contributed by atoms with Gasteiger partial charge in [-0.05, 0) is 30.9 Å². The SMILES string of the molecule is CCc1cccnc1C(=O)NC[C@H]1CCC[C@@]12NC(=O)NC2=O. The molecule has 2 fully saturated rings. The largest absolute Gasteiger partial charge is 0.350 e. The Morgan fingerprint density at radius 2 is 2.30 bits per heavy atom. The first-order valence-corrected chi connectivity index (χ1v) is 7.92. The van der Waals surface area contributed by atoms with Crippen molar-refractivity contribution in [2.75, 3.05) is 6.54 Å². The lowest BCUT2D eigenvalue weighted by Gasteiger charge is -2.28. The standard InChI is InChI=1S/C16H20N4O3/c1-2-10-5-4-8-17-12(10)13(21)18-9-11-6-3-7-16(11)14(22)19-15(23)20-16/h4-5,8,11H,2-3,6-7,9H2,1H3,(H,18,21)(H2,19,20,22,23)/t11-,16-/m1/s1. The lowest BCUT2D eigenvalue weighted by molar-refractivity contribution is -0.125. The van der Waals surface area contributed by atoms with Gasteiger partial charge in [-0.2, -0.15) is 0 Å². The maximum Gasteiger partial charge on any atom is 0.322 e. The smallest absolute Gasteiger partial charge is 0.322 e. The fraction of sp³-hybridized carbons (Fsp3) is 0.500. The summed E-state index contributed by atoms with van der Waals surface area (Å²) in [6, 6.07) is 3.23. The molecule has 1 aromatic heterocycles. The third kappa shape index (κ3) is 2.67. The van der Waals surface area contributed by atoms with Crippen LogP contribution in [-0.4, -0.2) is 34.9 Å². The van der Waals surface area contributed by atoms with E-state index in [1.165, 1.54) is 0 Å². The molecule has 2 aliphatic rings. The van der Waals surface area contributed by atoms with Gasteiger partial charge in [0.1, 0.15) is 11.2 Å². The van der Waals surface area contributed by atoms with E-state index in [2.05, 4.69) is 20.9 Å². The second kappa shape index (κ2) is 5.98. The van der Waals surface area contributed by atoms with Crippen molar-refractivity contribution in [2.45, 2.75) is 38.1 Å². The number of urea groups is 1. The van der Waals surface area contributed by atoms with Crippen molar-refractivity contribution in [3.8, 4) is 0 Å². The van der Waals surface area contributed by atoms with Gasteiger partial charge in [-0.25, -0.2) is 4.79 Å². The summed E-state index contributed by atoms with van der Waals surface area (Å²) in [7, 11) is 0. The molecule has 0 bridgehead atoms. The summed E-state index contributed by atoms with van der Waals surface area (Å²) in [6.07, 6.45) is 4.56. The van der Waals surface area contributed by atoms with E-state index in [0.717, 1.165) is 24.8 Å². The molecular weight excluding hydrogens is 296 g/mol. The minimum absolute atomic E-state index is 0.105. The Morgan fingerprint density at radius 3 is 3.00 bits per heavy atom. The van der Waals surface area contributed by atoms with Gasteiger partial charge in [0.2, 0.25) is 0 Å². The maximum atomic E-state index is 12.4. The van der Waals surface area contributed by atoms with Gasteiger partial charge in [0.25, 0.3) is 11.8 Å². The molecule has 0 aromatic carbocycles. The number of pyridine rings is 1. The monoisotopic (exact) mass is 316 g/mol. The van der Waals surface area contributed by atoms with E-state index in [0.29, 0.717) is 18.7 Å². The Hall–Kier alpha value is -2.44. The van der Waals surface area contributed by atoms with Gasteiger partial charge in [0, 0.05) is 18.7 Å². The van der Waals surface area contributed by atoms with Crippen LogP contribution in [0.4, 0.5) is 4.79 Å². The van der Waals surface area contributed by atoms with Crippen molar-refractivity contribution < 1.29 is 14.4 Å². The highest BCUT2D eigenvalue weighted by atomic mass is 16.2. The van der Waals surface area contributed by atoms with Crippen LogP contribution in [0, 0.1) is 5.92 Å². The van der Waals surface area contributed by atoms with Crippen molar-refractivity contribution in [2.24, 2.45) is 5.92 Å². The van der Waals surface area contributed by atoms with Crippen LogP contribution in [0.25, 0.3) is 0 Å². The number of amides is 4. The summed E-state index contributed by atoms with van der Waals surface area (Å²) < 4.78 is 0. The van der Waals surface area contributed by atoms with Crippen molar-refractivity contribution in [1.29, 1.82) is 0 Å². The number of carbonyl (C=O) groups excluding carboxylic acids is 3. The van der Waals surface area contributed by atoms with Crippen LogP contribution < -0.4 is 16.0 Å². The normalized spacial score (nSPS) is 26.2. The molecule has 0 radical (unpaired) electrons. The van der Waals surface area contributed by atoms with E-state index < -0.39 is 11.6 Å². The van der Waals surface area contributed by atoms with E-state index in [-0.39, 0.29) is 17.7 Å². The molecule has 1 aliphatic carbocycles. The Balaban J connectivity index is 1.69. The average Bonchev–Trinajstić information content (AvgIpc) is 3.08. The first-order chi connectivity index (χ1) is 11.1. The van der Waals surface area contributed by atoms with Gasteiger partial charge < -0.3 is 10.6 Å². The van der Waals surface area contributed by atoms with Crippen molar-refractivity contribution >= 4 is 17.8 Å². The maximum absolute atomic E-state index is 12.4. The van der Waals surface area contributed by atoms with Crippen molar-refractivity contribution in [1.82, 2.24) is 20.9 Å². The minimum Gasteiger partial charge on any atom is -0.350 e. The van der Waals surface area contributed by atoms with Gasteiger partial charge in [-0.15, -0.1) is 0 Å². The van der Waals surface area contributed by atoms with Crippen LogP contribution >= 0.6 is 0 Å². The molecule has 4 amide bonds. The van der Waals surface area contributed by atoms with E-state index in [9.17, 15) is 14.4 Å². The number of hydrogen-bond donors (Lipinski definition) is 3. The van der Waals surface area contributed by atoms with Crippen molar-refractivity contribution in [3.05, 3.63) is 29.6 Å². The average molecular weight is 316 g/mol. The number of aromatic nitrogens is 1. The lowest BCUT2D eigenvalue weighted by atomic mass is 9.87. The summed E-state index contributed by atoms with van der Waals surface area (Å²) in [4.78, 5) is 40.1. The fourth-order valence-corrected chi connectivity index (χ4v) is 3.55. The molecule has 122 valence electrons. The summed E-state index contributed by atoms with van der Waals surface area (Å²) in [5.74, 6) is -0.632. The molecule has 1 spiro atoms. The number of nitrogens with zero attached hydrogens (tertiary/aromatic N) is 1. The Morgan fingerprint density at radius 1 is 1.48 bits per heavy atom. The summed E-state index contributed by atoms with van der Waals surface area (Å²) in [5, 5.41) is 7.92. The first kappa shape index (κ1) is 15.5. The van der Waals surface area contributed by atoms with E-state index in [4.69, 9.17) is 0 Å². The third-order valence-electron chi connectivity index (χ3n) is 4.79. The van der Waals surface area contributed by atoms with Crippen LogP contribution in [-0.2, 0) is 11.2 Å². The van der Waals surface area contributed by atoms with E-state index in [1.807, 2.05) is 13.0 Å². The number of imide groups is 1. The lowest BCUT2D eigenvalue weighted by Crippen LogP contribution is -2.53. The highest BCUT2D eigenvalue weighted by Crippen LogP contribution is 2.37. The van der Waals surface area contributed by atoms with Crippen molar-refractivity contribution in [3.63, 3.8) is 0 Å². The van der Waals surface area contributed by atoms with Gasteiger partial charge >= 0.3 is 6.03 Å². The highest BCUT2D eigenvalue weighted by molar-refractivity contribution is 6.07. The van der Waals surface area contributed by atoms with E-state index in [1.54, 1.807) is 12.3 Å². The van der Waals surface area contributed by atoms with Gasteiger partial charge in [-0.1, -0.05) is 19.4 Å². The molecule has 2 heterocycles. The molecule has 0 unspecified atom stereocenters. The van der Waals surface area contributed by atoms with Crippen LogP contribution in [0.5, 0.6) is 0 Å². The quantitative estimate of drug-likeness (QED) is 0.714. The zero-order valence-electron chi connectivity index (χ0n) is 13.0. The van der Waals surface area contributed by atoms with Gasteiger partial charge in [0.15, 0.2) is 0 Å². The van der Waals surface area contributed by atoms with E-state index >= 15 is 0 Å². The molecule has 7 nitrogen and oxygen atoms in total. The Labute approximate surface area is 134 Å². The first-order valence-electron chi connectivity index (χ1n) is 7.92. The molecule has 3 rings (SSSR count). The minimum atomic E-state index is -0.873. The molecule has 3 N–H and O–H groups in total. The molecule has 1 aliphatic heterocycles. The van der Waals surface area contributed by atoms with Crippen LogP contribution in [0.2, 0.25) is 0 Å². The fourth-order valence-electron chi connectivity index (χ4n) is 3.55. The number of aryl methyl sites for hydroxylation is 1. The molecule has 1 saturated carbocycles. The van der Waals surface area contributed by atoms with Crippen LogP contribution in [0.1, 0.15) is 42.2 Å². The zero-order valence-corrected chi connectivity index (χ0v) is 13.0. The highest BCUT2D eigenvalue weighted by Gasteiger charge is 2.54. The zero-order chi connectivity index (χ0) is 16.4. The van der Waals surface area contributed by atoms with Gasteiger partial charge in [0.05, 0.1) is 0 Å². The Kier molecular flexibility index (Phi) is 4.02. The Bertz CT molecular complexity index is 660. The predicted octanol–water partition coefficient (Wildman–Crippen LogP) is 0.752. The summed E-state index contributed by atoms with van der Waals surface area (Å²) in [5.41, 5.74) is 0.433. The second-order valence-electron chi connectivity index (χ2n) is 6.04.